The summed E-state index contributed by atoms with van der Waals surface area (Å²) < 4.78 is 4.79. The molecule has 0 heterocycles. The number of carbonyl (C=O) groups excluding carboxylic acids is 1. The van der Waals surface area contributed by atoms with E-state index in [1.165, 1.54) is 24.3 Å². The fourth-order valence-electron chi connectivity index (χ4n) is 1.13. The van der Waals surface area contributed by atoms with E-state index in [4.69, 9.17) is 9.84 Å². The Morgan fingerprint density at radius 3 is 2.31 bits per heavy atom. The van der Waals surface area contributed by atoms with Crippen LogP contribution in [0.15, 0.2) is 24.3 Å². The molecule has 0 radical (unpaired) electrons. The van der Waals surface area contributed by atoms with Crippen molar-refractivity contribution in [2.75, 3.05) is 20.3 Å². The van der Waals surface area contributed by atoms with E-state index in [1.54, 1.807) is 7.11 Å². The van der Waals surface area contributed by atoms with E-state index in [1.807, 2.05) is 0 Å². The number of amides is 1. The lowest BCUT2D eigenvalue weighted by Gasteiger charge is -2.04. The second-order valence-corrected chi connectivity index (χ2v) is 3.13. The monoisotopic (exact) mass is 223 g/mol. The zero-order valence-corrected chi connectivity index (χ0v) is 8.90. The van der Waals surface area contributed by atoms with Gasteiger partial charge in [0.1, 0.15) is 0 Å². The summed E-state index contributed by atoms with van der Waals surface area (Å²) in [5.41, 5.74) is 0.592. The zero-order valence-electron chi connectivity index (χ0n) is 8.90. The summed E-state index contributed by atoms with van der Waals surface area (Å²) >= 11 is 0. The molecule has 0 spiro atoms. The molecule has 0 fully saturated rings. The van der Waals surface area contributed by atoms with Gasteiger partial charge in [-0.15, -0.1) is 0 Å². The van der Waals surface area contributed by atoms with Gasteiger partial charge in [-0.05, 0) is 24.3 Å². The van der Waals surface area contributed by atoms with Gasteiger partial charge >= 0.3 is 5.97 Å². The molecule has 5 nitrogen and oxygen atoms in total. The first-order valence-electron chi connectivity index (χ1n) is 4.75. The van der Waals surface area contributed by atoms with Gasteiger partial charge in [-0.25, -0.2) is 4.79 Å². The Morgan fingerprint density at radius 1 is 1.25 bits per heavy atom. The van der Waals surface area contributed by atoms with Gasteiger partial charge < -0.3 is 15.2 Å². The lowest BCUT2D eigenvalue weighted by atomic mass is 10.1. The van der Waals surface area contributed by atoms with Crippen LogP contribution in [0.3, 0.4) is 0 Å². The number of rotatable bonds is 5. The molecule has 86 valence electrons. The summed E-state index contributed by atoms with van der Waals surface area (Å²) in [6.45, 7) is 0.870. The van der Waals surface area contributed by atoms with Crippen LogP contribution < -0.4 is 5.32 Å². The van der Waals surface area contributed by atoms with Crippen LogP contribution in [0, 0.1) is 0 Å². The van der Waals surface area contributed by atoms with Gasteiger partial charge in [-0.3, -0.25) is 4.79 Å². The largest absolute Gasteiger partial charge is 0.478 e. The average Bonchev–Trinajstić information content (AvgIpc) is 2.29. The highest BCUT2D eigenvalue weighted by Crippen LogP contribution is 2.04. The van der Waals surface area contributed by atoms with E-state index in [0.29, 0.717) is 18.7 Å². The molecule has 1 amide bonds. The van der Waals surface area contributed by atoms with Crippen LogP contribution in [0.1, 0.15) is 20.7 Å². The van der Waals surface area contributed by atoms with E-state index >= 15 is 0 Å². The predicted molar refractivity (Wildman–Crippen MR) is 57.6 cm³/mol. The van der Waals surface area contributed by atoms with Gasteiger partial charge in [-0.2, -0.15) is 0 Å². The Kier molecular flexibility index (Phi) is 4.47. The maximum Gasteiger partial charge on any atom is 0.335 e. The maximum absolute atomic E-state index is 11.5. The average molecular weight is 223 g/mol. The van der Waals surface area contributed by atoms with E-state index in [0.717, 1.165) is 0 Å². The molecule has 5 heteroatoms. The SMILES string of the molecule is COCCNC(=O)c1ccc(C(=O)O)cc1. The smallest absolute Gasteiger partial charge is 0.335 e. The van der Waals surface area contributed by atoms with E-state index in [2.05, 4.69) is 5.32 Å². The van der Waals surface area contributed by atoms with Gasteiger partial charge in [0.15, 0.2) is 0 Å². The van der Waals surface area contributed by atoms with Crippen LogP contribution in [-0.2, 0) is 4.74 Å². The van der Waals surface area contributed by atoms with E-state index < -0.39 is 5.97 Å². The minimum atomic E-state index is -1.01. The second kappa shape index (κ2) is 5.87. The van der Waals surface area contributed by atoms with Crippen molar-refractivity contribution in [2.45, 2.75) is 0 Å². The molecule has 2 N–H and O–H groups in total. The summed E-state index contributed by atoms with van der Waals surface area (Å²) in [5.74, 6) is -1.25. The third-order valence-corrected chi connectivity index (χ3v) is 1.99. The van der Waals surface area contributed by atoms with Crippen LogP contribution >= 0.6 is 0 Å². The minimum absolute atomic E-state index is 0.161. The Bertz CT molecular complexity index is 372. The number of hydrogen-bond donors (Lipinski definition) is 2. The number of carboxylic acids is 1. The fraction of sp³-hybridized carbons (Fsp3) is 0.273. The number of benzene rings is 1. The first-order valence-corrected chi connectivity index (χ1v) is 4.75. The van der Waals surface area contributed by atoms with Crippen LogP contribution in [0.2, 0.25) is 0 Å². The first kappa shape index (κ1) is 12.2. The molecule has 0 aliphatic rings. The highest BCUT2D eigenvalue weighted by molar-refractivity contribution is 5.95. The van der Waals surface area contributed by atoms with Crippen LogP contribution in [0.5, 0.6) is 0 Å². The summed E-state index contributed by atoms with van der Waals surface area (Å²) in [5, 5.41) is 11.3. The molecular weight excluding hydrogens is 210 g/mol. The lowest BCUT2D eigenvalue weighted by molar-refractivity contribution is 0.0696. The van der Waals surface area contributed by atoms with Gasteiger partial charge in [0.05, 0.1) is 12.2 Å². The van der Waals surface area contributed by atoms with Crippen molar-refractivity contribution in [1.82, 2.24) is 5.32 Å². The van der Waals surface area contributed by atoms with Crippen LogP contribution in [-0.4, -0.2) is 37.2 Å². The summed E-state index contributed by atoms with van der Waals surface area (Å²) in [4.78, 5) is 22.1. The molecule has 0 aliphatic heterocycles. The van der Waals surface area contributed by atoms with Crippen molar-refractivity contribution >= 4 is 11.9 Å². The molecule has 1 rings (SSSR count). The van der Waals surface area contributed by atoms with Crippen molar-refractivity contribution in [2.24, 2.45) is 0 Å². The standard InChI is InChI=1S/C11H13NO4/c1-16-7-6-12-10(13)8-2-4-9(5-3-8)11(14)15/h2-5H,6-7H2,1H3,(H,12,13)(H,14,15). The third kappa shape index (κ3) is 3.36. The van der Waals surface area contributed by atoms with Crippen molar-refractivity contribution in [3.8, 4) is 0 Å². The third-order valence-electron chi connectivity index (χ3n) is 1.99. The first-order chi connectivity index (χ1) is 7.65. The number of aromatic carboxylic acids is 1. The molecular formula is C11H13NO4. The fourth-order valence-corrected chi connectivity index (χ4v) is 1.13. The van der Waals surface area contributed by atoms with Crippen LogP contribution in [0.25, 0.3) is 0 Å². The molecule has 1 aromatic carbocycles. The summed E-state index contributed by atoms with van der Waals surface area (Å²) in [6, 6.07) is 5.75. The Morgan fingerprint density at radius 2 is 1.81 bits per heavy atom. The second-order valence-electron chi connectivity index (χ2n) is 3.13. The summed E-state index contributed by atoms with van der Waals surface area (Å²) in [7, 11) is 1.55. The molecule has 0 atom stereocenters. The summed E-state index contributed by atoms with van der Waals surface area (Å²) in [6.07, 6.45) is 0. The van der Waals surface area contributed by atoms with Crippen molar-refractivity contribution in [1.29, 1.82) is 0 Å². The minimum Gasteiger partial charge on any atom is -0.478 e. The molecule has 1 aromatic rings. The van der Waals surface area contributed by atoms with Gasteiger partial charge in [0.25, 0.3) is 5.91 Å². The Balaban J connectivity index is 2.59. The normalized spacial score (nSPS) is 9.81. The van der Waals surface area contributed by atoms with E-state index in [9.17, 15) is 9.59 Å². The van der Waals surface area contributed by atoms with Gasteiger partial charge in [0.2, 0.25) is 0 Å². The Hall–Kier alpha value is -1.88. The molecule has 0 aromatic heterocycles. The molecule has 0 saturated carbocycles. The number of nitrogens with one attached hydrogen (secondary N) is 1. The number of carbonyl (C=O) groups is 2. The van der Waals surface area contributed by atoms with Crippen molar-refractivity contribution in [3.63, 3.8) is 0 Å². The number of methoxy groups -OCH3 is 1. The molecule has 16 heavy (non-hydrogen) atoms. The molecule has 0 unspecified atom stereocenters. The maximum atomic E-state index is 11.5. The van der Waals surface area contributed by atoms with Crippen molar-refractivity contribution in [3.05, 3.63) is 35.4 Å². The topological polar surface area (TPSA) is 75.6 Å². The van der Waals surface area contributed by atoms with Gasteiger partial charge in [0, 0.05) is 19.2 Å². The molecule has 0 bridgehead atoms. The Labute approximate surface area is 93.0 Å². The zero-order chi connectivity index (χ0) is 12.0. The van der Waals surface area contributed by atoms with Crippen LogP contribution in [0.4, 0.5) is 0 Å². The number of carboxylic acid groups (broad SMARTS) is 1. The number of hydrogen-bond acceptors (Lipinski definition) is 3. The predicted octanol–water partition coefficient (Wildman–Crippen LogP) is 0.761. The van der Waals surface area contributed by atoms with E-state index in [-0.39, 0.29) is 11.5 Å². The molecule has 0 saturated heterocycles. The quantitative estimate of drug-likeness (QED) is 0.722. The number of ether oxygens (including phenoxy) is 1. The lowest BCUT2D eigenvalue weighted by Crippen LogP contribution is -2.26. The van der Waals surface area contributed by atoms with Gasteiger partial charge in [-0.1, -0.05) is 0 Å². The highest BCUT2D eigenvalue weighted by Gasteiger charge is 2.06. The molecule has 0 aliphatic carbocycles. The highest BCUT2D eigenvalue weighted by atomic mass is 16.5. The van der Waals surface area contributed by atoms with Crippen molar-refractivity contribution < 1.29 is 19.4 Å².